The van der Waals surface area contributed by atoms with Gasteiger partial charge in [0.05, 0.1) is 14.7 Å². The first-order valence-corrected chi connectivity index (χ1v) is 12.2. The van der Waals surface area contributed by atoms with Crippen molar-refractivity contribution < 1.29 is 9.53 Å². The number of amides is 1. The van der Waals surface area contributed by atoms with Crippen molar-refractivity contribution in [2.75, 3.05) is 17.3 Å². The van der Waals surface area contributed by atoms with Crippen LogP contribution in [0.1, 0.15) is 37.0 Å². The van der Waals surface area contributed by atoms with Crippen molar-refractivity contribution in [3.8, 4) is 5.75 Å². The number of ether oxygens (including phenoxy) is 1. The van der Waals surface area contributed by atoms with Crippen molar-refractivity contribution in [1.29, 1.82) is 0 Å². The first-order valence-electron chi connectivity index (χ1n) is 9.77. The van der Waals surface area contributed by atoms with E-state index in [2.05, 4.69) is 59.6 Å². The summed E-state index contributed by atoms with van der Waals surface area (Å²) in [7, 11) is 0. The molecule has 0 spiro atoms. The Kier molecular flexibility index (Phi) is 7.72. The van der Waals surface area contributed by atoms with Crippen LogP contribution in [-0.2, 0) is 4.79 Å². The lowest BCUT2D eigenvalue weighted by atomic mass is 10.1. The van der Waals surface area contributed by atoms with Gasteiger partial charge in [-0.25, -0.2) is 4.98 Å². The largest absolute Gasteiger partial charge is 0.482 e. The molecular weight excluding hydrogens is 544 g/mol. The van der Waals surface area contributed by atoms with Gasteiger partial charge < -0.3 is 10.1 Å². The number of hydrogen-bond acceptors (Lipinski definition) is 6. The van der Waals surface area contributed by atoms with Gasteiger partial charge in [-0.05, 0) is 84.9 Å². The van der Waals surface area contributed by atoms with E-state index in [1.165, 1.54) is 11.3 Å². The van der Waals surface area contributed by atoms with Gasteiger partial charge in [0.25, 0.3) is 5.91 Å². The number of anilines is 2. The minimum absolute atomic E-state index is 0.0848. The molecule has 0 aliphatic carbocycles. The summed E-state index contributed by atoms with van der Waals surface area (Å²) in [6.45, 7) is 9.83. The Balaban J connectivity index is 1.77. The van der Waals surface area contributed by atoms with Crippen LogP contribution in [-0.4, -0.2) is 23.2 Å². The average Bonchev–Trinajstić information content (AvgIpc) is 3.11. The van der Waals surface area contributed by atoms with Gasteiger partial charge in [0.15, 0.2) is 6.61 Å². The molecule has 31 heavy (non-hydrogen) atoms. The van der Waals surface area contributed by atoms with Crippen LogP contribution in [0.3, 0.4) is 0 Å². The second-order valence-electron chi connectivity index (χ2n) is 7.24. The number of aromatic nitrogens is 1. The van der Waals surface area contributed by atoms with E-state index in [1.807, 2.05) is 45.9 Å². The van der Waals surface area contributed by atoms with Crippen molar-refractivity contribution in [3.05, 3.63) is 43.8 Å². The first-order chi connectivity index (χ1) is 14.7. The smallest absolute Gasteiger partial charge is 0.262 e. The monoisotopic (exact) mass is 566 g/mol. The van der Waals surface area contributed by atoms with Crippen LogP contribution >= 0.6 is 43.2 Å². The molecule has 0 unspecified atom stereocenters. The number of halogens is 2. The minimum atomic E-state index is -0.217. The minimum Gasteiger partial charge on any atom is -0.482 e. The topological polar surface area (TPSA) is 75.6 Å². The fourth-order valence-electron chi connectivity index (χ4n) is 3.03. The van der Waals surface area contributed by atoms with Crippen molar-refractivity contribution in [2.45, 2.75) is 41.0 Å². The molecule has 0 aliphatic rings. The molecule has 9 heteroatoms. The van der Waals surface area contributed by atoms with Gasteiger partial charge in [-0.1, -0.05) is 34.2 Å². The summed E-state index contributed by atoms with van der Waals surface area (Å²) < 4.78 is 8.54. The molecular formula is C22H24Br2N4O2S. The number of benzene rings is 2. The molecule has 6 nitrogen and oxygen atoms in total. The van der Waals surface area contributed by atoms with Gasteiger partial charge in [-0.2, -0.15) is 5.10 Å². The molecule has 0 aliphatic heterocycles. The Morgan fingerprint density at radius 1 is 1.19 bits per heavy atom. The summed E-state index contributed by atoms with van der Waals surface area (Å²) in [6.07, 6.45) is 0.880. The third-order valence-electron chi connectivity index (χ3n) is 4.78. The highest BCUT2D eigenvalue weighted by Gasteiger charge is 2.16. The van der Waals surface area contributed by atoms with Crippen molar-refractivity contribution >= 4 is 75.9 Å². The summed E-state index contributed by atoms with van der Waals surface area (Å²) >= 11 is 8.45. The van der Waals surface area contributed by atoms with Crippen molar-refractivity contribution in [1.82, 2.24) is 4.98 Å². The van der Waals surface area contributed by atoms with Crippen LogP contribution in [0.5, 0.6) is 5.75 Å². The number of hydrazone groups is 1. The van der Waals surface area contributed by atoms with Gasteiger partial charge in [0.1, 0.15) is 5.75 Å². The maximum atomic E-state index is 12.6. The Labute approximate surface area is 202 Å². The Bertz CT molecular complexity index is 1150. The van der Waals surface area contributed by atoms with Gasteiger partial charge >= 0.3 is 0 Å². The summed E-state index contributed by atoms with van der Waals surface area (Å²) in [5.74, 6) is 0.439. The number of hydrogen-bond donors (Lipinski definition) is 2. The van der Waals surface area contributed by atoms with Crippen LogP contribution in [0.15, 0.2) is 32.2 Å². The molecule has 1 heterocycles. The fourth-order valence-corrected chi connectivity index (χ4v) is 5.48. The lowest BCUT2D eigenvalue weighted by molar-refractivity contribution is -0.118. The predicted molar refractivity (Wildman–Crippen MR) is 137 cm³/mol. The molecule has 3 aromatic rings. The first kappa shape index (κ1) is 23.7. The Morgan fingerprint density at radius 2 is 1.94 bits per heavy atom. The second-order valence-corrected chi connectivity index (χ2v) is 10.0. The molecule has 164 valence electrons. The highest BCUT2D eigenvalue weighted by Crippen LogP contribution is 2.35. The molecule has 0 atom stereocenters. The van der Waals surface area contributed by atoms with Crippen LogP contribution in [0.25, 0.3) is 10.2 Å². The van der Waals surface area contributed by atoms with E-state index >= 15 is 0 Å². The highest BCUT2D eigenvalue weighted by atomic mass is 79.9. The molecule has 0 fully saturated rings. The number of nitrogens with zero attached hydrogens (tertiary/aromatic N) is 2. The number of aryl methyl sites for hydroxylation is 3. The maximum Gasteiger partial charge on any atom is 0.262 e. The third-order valence-corrected chi connectivity index (χ3v) is 6.92. The standard InChI is InChI=1S/C22H24Br2N4O2S/c1-6-13(4)27-28-22-25-17-8-11(2)19(14(5)21(17)31-22)26-18(29)10-30-20-12(3)7-15(23)9-16(20)24/h7-9H,6,10H2,1-5H3,(H,25,28)(H,26,29)/b27-13+. The second kappa shape index (κ2) is 10.1. The van der Waals surface area contributed by atoms with Crippen LogP contribution in [0, 0.1) is 20.8 Å². The van der Waals surface area contributed by atoms with Crippen LogP contribution in [0.4, 0.5) is 10.8 Å². The summed E-state index contributed by atoms with van der Waals surface area (Å²) in [5, 5.41) is 8.06. The number of carbonyl (C=O) groups is 1. The zero-order valence-corrected chi connectivity index (χ0v) is 22.0. The molecule has 1 amide bonds. The SMILES string of the molecule is CC/C(C)=N/Nc1nc2cc(C)c(NC(=O)COc3c(C)cc(Br)cc3Br)c(C)c2s1. The van der Waals surface area contributed by atoms with Crippen LogP contribution in [0.2, 0.25) is 0 Å². The lowest BCUT2D eigenvalue weighted by Crippen LogP contribution is -2.21. The van der Waals surface area contributed by atoms with Gasteiger partial charge in [0.2, 0.25) is 5.13 Å². The molecule has 0 radical (unpaired) electrons. The van der Waals surface area contributed by atoms with E-state index in [4.69, 9.17) is 4.74 Å². The molecule has 1 aromatic heterocycles. The fraction of sp³-hybridized carbons (Fsp3) is 0.318. The Hall–Kier alpha value is -1.97. The van der Waals surface area contributed by atoms with Gasteiger partial charge in [-0.15, -0.1) is 0 Å². The zero-order chi connectivity index (χ0) is 22.7. The van der Waals surface area contributed by atoms with Crippen molar-refractivity contribution in [3.63, 3.8) is 0 Å². The molecule has 2 N–H and O–H groups in total. The highest BCUT2D eigenvalue weighted by molar-refractivity contribution is 9.11. The molecule has 3 rings (SSSR count). The van der Waals surface area contributed by atoms with Crippen LogP contribution < -0.4 is 15.5 Å². The maximum absolute atomic E-state index is 12.6. The summed E-state index contributed by atoms with van der Waals surface area (Å²) in [6, 6.07) is 5.82. The number of rotatable bonds is 7. The number of fused-ring (bicyclic) bond motifs is 1. The van der Waals surface area contributed by atoms with Gasteiger partial charge in [0, 0.05) is 15.9 Å². The quantitative estimate of drug-likeness (QED) is 0.239. The van der Waals surface area contributed by atoms with E-state index in [1.54, 1.807) is 0 Å². The van der Waals surface area contributed by atoms with E-state index in [0.717, 1.165) is 58.8 Å². The summed E-state index contributed by atoms with van der Waals surface area (Å²) in [5.41, 5.74) is 8.57. The van der Waals surface area contributed by atoms with E-state index in [9.17, 15) is 4.79 Å². The number of thiazole rings is 1. The zero-order valence-electron chi connectivity index (χ0n) is 18.0. The molecule has 0 bridgehead atoms. The third kappa shape index (κ3) is 5.64. The van der Waals surface area contributed by atoms with E-state index in [0.29, 0.717) is 5.75 Å². The number of nitrogens with one attached hydrogen (secondary N) is 2. The van der Waals surface area contributed by atoms with E-state index in [-0.39, 0.29) is 12.5 Å². The normalized spacial score (nSPS) is 11.6. The summed E-state index contributed by atoms with van der Waals surface area (Å²) in [4.78, 5) is 17.2. The Morgan fingerprint density at radius 3 is 2.61 bits per heavy atom. The molecule has 2 aromatic carbocycles. The molecule has 0 saturated heterocycles. The van der Waals surface area contributed by atoms with E-state index < -0.39 is 0 Å². The van der Waals surface area contributed by atoms with Crippen molar-refractivity contribution in [2.24, 2.45) is 5.10 Å². The molecule has 0 saturated carbocycles. The predicted octanol–water partition coefficient (Wildman–Crippen LogP) is 6.96. The number of carbonyl (C=O) groups excluding carboxylic acids is 1. The lowest BCUT2D eigenvalue weighted by Gasteiger charge is -2.14. The average molecular weight is 568 g/mol. The van der Waals surface area contributed by atoms with Gasteiger partial charge in [-0.3, -0.25) is 10.2 Å².